The van der Waals surface area contributed by atoms with Crippen LogP contribution in [-0.4, -0.2) is 25.2 Å². The molecule has 1 aromatic carbocycles. The van der Waals surface area contributed by atoms with Crippen molar-refractivity contribution in [3.63, 3.8) is 0 Å². The average Bonchev–Trinajstić information content (AvgIpc) is 2.33. The van der Waals surface area contributed by atoms with E-state index in [0.29, 0.717) is 0 Å². The Morgan fingerprint density at radius 1 is 1.41 bits per heavy atom. The summed E-state index contributed by atoms with van der Waals surface area (Å²) < 4.78 is 6.82. The highest BCUT2D eigenvalue weighted by atomic mass is 79.9. The first-order valence-corrected chi connectivity index (χ1v) is 8.07. The lowest BCUT2D eigenvalue weighted by atomic mass is 10.2. The van der Waals surface area contributed by atoms with Crippen molar-refractivity contribution in [2.75, 3.05) is 25.2 Å². The van der Waals surface area contributed by atoms with Crippen molar-refractivity contribution >= 4 is 27.7 Å². The van der Waals surface area contributed by atoms with Crippen LogP contribution in [0.15, 0.2) is 22.7 Å². The standard InChI is InChI=1S/C13H20BrNOS/c1-3-6-15-10-11-9-12(4-5-13(11)14)16-7-8-17-2/h4-5,9,15H,3,6-8,10H2,1-2H3. The first kappa shape index (κ1) is 14.9. The maximum atomic E-state index is 5.68. The van der Waals surface area contributed by atoms with Crippen molar-refractivity contribution in [3.05, 3.63) is 28.2 Å². The van der Waals surface area contributed by atoms with Gasteiger partial charge in [-0.15, -0.1) is 0 Å². The van der Waals surface area contributed by atoms with E-state index in [2.05, 4.69) is 46.6 Å². The second kappa shape index (κ2) is 8.84. The molecule has 0 saturated carbocycles. The van der Waals surface area contributed by atoms with Crippen molar-refractivity contribution in [2.45, 2.75) is 19.9 Å². The molecule has 4 heteroatoms. The molecule has 0 aromatic heterocycles. The van der Waals surface area contributed by atoms with Gasteiger partial charge in [-0.2, -0.15) is 11.8 Å². The highest BCUT2D eigenvalue weighted by Crippen LogP contribution is 2.22. The zero-order valence-corrected chi connectivity index (χ0v) is 12.9. The Morgan fingerprint density at radius 3 is 2.94 bits per heavy atom. The van der Waals surface area contributed by atoms with E-state index in [4.69, 9.17) is 4.74 Å². The van der Waals surface area contributed by atoms with Gasteiger partial charge in [0, 0.05) is 16.8 Å². The highest BCUT2D eigenvalue weighted by molar-refractivity contribution is 9.10. The Balaban J connectivity index is 2.53. The number of hydrogen-bond acceptors (Lipinski definition) is 3. The molecule has 0 bridgehead atoms. The van der Waals surface area contributed by atoms with Crippen molar-refractivity contribution in [2.24, 2.45) is 0 Å². The molecule has 2 nitrogen and oxygen atoms in total. The largest absolute Gasteiger partial charge is 0.493 e. The van der Waals surface area contributed by atoms with Crippen molar-refractivity contribution < 1.29 is 4.74 Å². The second-order valence-electron chi connectivity index (χ2n) is 3.77. The molecule has 1 aromatic rings. The Kier molecular flexibility index (Phi) is 7.73. The normalized spacial score (nSPS) is 10.5. The molecule has 1 rings (SSSR count). The van der Waals surface area contributed by atoms with E-state index in [1.807, 2.05) is 6.07 Å². The van der Waals surface area contributed by atoms with Gasteiger partial charge >= 0.3 is 0 Å². The molecule has 0 saturated heterocycles. The monoisotopic (exact) mass is 317 g/mol. The number of rotatable bonds is 8. The Morgan fingerprint density at radius 2 is 2.24 bits per heavy atom. The highest BCUT2D eigenvalue weighted by Gasteiger charge is 2.02. The van der Waals surface area contributed by atoms with Crippen LogP contribution in [0.25, 0.3) is 0 Å². The summed E-state index contributed by atoms with van der Waals surface area (Å²) in [6.45, 7) is 4.87. The summed E-state index contributed by atoms with van der Waals surface area (Å²) in [5.74, 6) is 1.98. The van der Waals surface area contributed by atoms with E-state index in [1.165, 1.54) is 5.56 Å². The van der Waals surface area contributed by atoms with Gasteiger partial charge in [-0.05, 0) is 43.0 Å². The topological polar surface area (TPSA) is 21.3 Å². The fourth-order valence-corrected chi connectivity index (χ4v) is 2.06. The molecular formula is C13H20BrNOS. The lowest BCUT2D eigenvalue weighted by Crippen LogP contribution is -2.14. The molecule has 17 heavy (non-hydrogen) atoms. The van der Waals surface area contributed by atoms with Crippen LogP contribution in [0.3, 0.4) is 0 Å². The lowest BCUT2D eigenvalue weighted by molar-refractivity contribution is 0.343. The van der Waals surface area contributed by atoms with Gasteiger partial charge in [-0.25, -0.2) is 0 Å². The molecule has 0 spiro atoms. The van der Waals surface area contributed by atoms with Gasteiger partial charge in [0.2, 0.25) is 0 Å². The Bertz CT molecular complexity index is 333. The smallest absolute Gasteiger partial charge is 0.119 e. The fourth-order valence-electron chi connectivity index (χ4n) is 1.42. The van der Waals surface area contributed by atoms with Gasteiger partial charge in [0.1, 0.15) is 5.75 Å². The van der Waals surface area contributed by atoms with E-state index >= 15 is 0 Å². The minimum Gasteiger partial charge on any atom is -0.493 e. The minimum absolute atomic E-state index is 0.768. The predicted octanol–water partition coefficient (Wildman–Crippen LogP) is 3.69. The summed E-state index contributed by atoms with van der Waals surface area (Å²) in [5.41, 5.74) is 1.25. The van der Waals surface area contributed by atoms with E-state index in [0.717, 1.165) is 42.1 Å². The van der Waals surface area contributed by atoms with Gasteiger partial charge < -0.3 is 10.1 Å². The summed E-state index contributed by atoms with van der Waals surface area (Å²) in [5, 5.41) is 3.40. The maximum absolute atomic E-state index is 5.68. The summed E-state index contributed by atoms with van der Waals surface area (Å²) in [4.78, 5) is 0. The number of benzene rings is 1. The number of thioether (sulfide) groups is 1. The quantitative estimate of drug-likeness (QED) is 0.739. The van der Waals surface area contributed by atoms with E-state index in [9.17, 15) is 0 Å². The van der Waals surface area contributed by atoms with Gasteiger partial charge in [0.05, 0.1) is 6.61 Å². The SMILES string of the molecule is CCCNCc1cc(OCCSC)ccc1Br. The molecule has 0 amide bonds. The zero-order chi connectivity index (χ0) is 12.5. The first-order valence-electron chi connectivity index (χ1n) is 5.88. The van der Waals surface area contributed by atoms with E-state index < -0.39 is 0 Å². The number of hydrogen-bond donors (Lipinski definition) is 1. The molecule has 0 heterocycles. The van der Waals surface area contributed by atoms with Crippen LogP contribution in [0.5, 0.6) is 5.75 Å². The minimum atomic E-state index is 0.768. The van der Waals surface area contributed by atoms with Crippen LogP contribution < -0.4 is 10.1 Å². The fraction of sp³-hybridized carbons (Fsp3) is 0.538. The van der Waals surface area contributed by atoms with Crippen LogP contribution >= 0.6 is 27.7 Å². The van der Waals surface area contributed by atoms with E-state index in [1.54, 1.807) is 11.8 Å². The summed E-state index contributed by atoms with van der Waals surface area (Å²) >= 11 is 5.36. The van der Waals surface area contributed by atoms with E-state index in [-0.39, 0.29) is 0 Å². The van der Waals surface area contributed by atoms with Gasteiger partial charge in [-0.1, -0.05) is 22.9 Å². The van der Waals surface area contributed by atoms with Crippen LogP contribution in [0, 0.1) is 0 Å². The molecule has 0 unspecified atom stereocenters. The summed E-state index contributed by atoms with van der Waals surface area (Å²) in [6, 6.07) is 6.16. The molecule has 0 radical (unpaired) electrons. The zero-order valence-electron chi connectivity index (χ0n) is 10.5. The molecule has 0 aliphatic carbocycles. The lowest BCUT2D eigenvalue weighted by Gasteiger charge is -2.10. The maximum Gasteiger partial charge on any atom is 0.119 e. The van der Waals surface area contributed by atoms with Gasteiger partial charge in [0.25, 0.3) is 0 Å². The third kappa shape index (κ3) is 5.80. The third-order valence-electron chi connectivity index (χ3n) is 2.32. The Hall–Kier alpha value is -0.190. The number of ether oxygens (including phenoxy) is 1. The second-order valence-corrected chi connectivity index (χ2v) is 5.61. The van der Waals surface area contributed by atoms with Crippen molar-refractivity contribution in [3.8, 4) is 5.75 Å². The van der Waals surface area contributed by atoms with Crippen molar-refractivity contribution in [1.29, 1.82) is 0 Å². The van der Waals surface area contributed by atoms with Gasteiger partial charge in [0.15, 0.2) is 0 Å². The molecule has 1 N–H and O–H groups in total. The van der Waals surface area contributed by atoms with Gasteiger partial charge in [-0.3, -0.25) is 0 Å². The van der Waals surface area contributed by atoms with Crippen LogP contribution in [0.4, 0.5) is 0 Å². The molecule has 0 atom stereocenters. The van der Waals surface area contributed by atoms with Crippen molar-refractivity contribution in [1.82, 2.24) is 5.32 Å². The summed E-state index contributed by atoms with van der Waals surface area (Å²) in [6.07, 6.45) is 3.24. The molecule has 0 aliphatic heterocycles. The molecular weight excluding hydrogens is 298 g/mol. The molecule has 0 fully saturated rings. The Labute approximate surface area is 117 Å². The molecule has 0 aliphatic rings. The number of halogens is 1. The van der Waals surface area contributed by atoms with Crippen LogP contribution in [0.2, 0.25) is 0 Å². The number of nitrogens with one attached hydrogen (secondary N) is 1. The summed E-state index contributed by atoms with van der Waals surface area (Å²) in [7, 11) is 0. The average molecular weight is 318 g/mol. The van der Waals surface area contributed by atoms with Crippen LogP contribution in [-0.2, 0) is 6.54 Å². The first-order chi connectivity index (χ1) is 8.27. The third-order valence-corrected chi connectivity index (χ3v) is 3.66. The van der Waals surface area contributed by atoms with Crippen LogP contribution in [0.1, 0.15) is 18.9 Å². The molecule has 96 valence electrons. The predicted molar refractivity (Wildman–Crippen MR) is 80.0 cm³/mol.